The van der Waals surface area contributed by atoms with Gasteiger partial charge in [-0.25, -0.2) is 4.79 Å². The van der Waals surface area contributed by atoms with E-state index < -0.39 is 66.8 Å². The number of carbonyl (C=O) groups is 5. The quantitative estimate of drug-likeness (QED) is 0.281. The SMILES string of the molecule is C=C[C@H]1C=C(C(=O)OC)O[C@@H]([C@H](OC(C)=O)[C@@H](COC(C)=O)OC(C)=O)[C@@H]1OC(C)=O. The van der Waals surface area contributed by atoms with E-state index in [0.29, 0.717) is 0 Å². The second-order valence-electron chi connectivity index (χ2n) is 6.52. The van der Waals surface area contributed by atoms with Gasteiger partial charge >= 0.3 is 29.8 Å². The van der Waals surface area contributed by atoms with Crippen molar-refractivity contribution < 1.29 is 52.4 Å². The standard InChI is InChI=1S/C20H26O11/c1-7-14-8-15(20(25)26-6)31-19(17(14)29-12(4)23)18(30-13(5)24)16(28-11(3)22)9-27-10(2)21/h7-8,14,16-19H,1,9H2,2-6H3/t14-,16+,17+,18+,19+/m0/s1. The van der Waals surface area contributed by atoms with E-state index in [1.54, 1.807) is 0 Å². The number of rotatable bonds is 9. The van der Waals surface area contributed by atoms with E-state index in [4.69, 9.17) is 23.7 Å². The number of carbonyl (C=O) groups excluding carboxylic acids is 5. The van der Waals surface area contributed by atoms with Crippen LogP contribution in [0.25, 0.3) is 0 Å². The van der Waals surface area contributed by atoms with Gasteiger partial charge in [-0.15, -0.1) is 6.58 Å². The molecule has 172 valence electrons. The predicted molar refractivity (Wildman–Crippen MR) is 102 cm³/mol. The summed E-state index contributed by atoms with van der Waals surface area (Å²) in [5.74, 6) is -4.78. The average Bonchev–Trinajstić information content (AvgIpc) is 2.68. The summed E-state index contributed by atoms with van der Waals surface area (Å²) in [6.45, 7) is 7.65. The third-order valence-corrected chi connectivity index (χ3v) is 4.03. The molecule has 0 radical (unpaired) electrons. The van der Waals surface area contributed by atoms with Crippen molar-refractivity contribution in [3.8, 4) is 0 Å². The van der Waals surface area contributed by atoms with Gasteiger partial charge in [-0.2, -0.15) is 0 Å². The van der Waals surface area contributed by atoms with Crippen molar-refractivity contribution >= 4 is 29.8 Å². The molecule has 0 aromatic heterocycles. The lowest BCUT2D eigenvalue weighted by molar-refractivity contribution is -0.200. The summed E-state index contributed by atoms with van der Waals surface area (Å²) in [6.07, 6.45) is -2.50. The Hall–Kier alpha value is -3.37. The molecule has 0 fully saturated rings. The van der Waals surface area contributed by atoms with Crippen molar-refractivity contribution in [2.24, 2.45) is 5.92 Å². The van der Waals surface area contributed by atoms with Gasteiger partial charge in [0.15, 0.2) is 24.4 Å². The molecule has 0 unspecified atom stereocenters. The third-order valence-electron chi connectivity index (χ3n) is 4.03. The molecule has 0 aromatic rings. The van der Waals surface area contributed by atoms with Crippen LogP contribution in [0, 0.1) is 5.92 Å². The average molecular weight is 442 g/mol. The van der Waals surface area contributed by atoms with Crippen molar-refractivity contribution in [3.63, 3.8) is 0 Å². The fraction of sp³-hybridized carbons (Fsp3) is 0.550. The molecule has 5 atom stereocenters. The van der Waals surface area contributed by atoms with E-state index in [-0.39, 0.29) is 5.76 Å². The zero-order valence-corrected chi connectivity index (χ0v) is 17.9. The molecular weight excluding hydrogens is 416 g/mol. The Morgan fingerprint density at radius 1 is 1.03 bits per heavy atom. The van der Waals surface area contributed by atoms with E-state index in [1.807, 2.05) is 0 Å². The molecular formula is C20H26O11. The second kappa shape index (κ2) is 11.7. The molecule has 31 heavy (non-hydrogen) atoms. The maximum Gasteiger partial charge on any atom is 0.373 e. The van der Waals surface area contributed by atoms with Crippen LogP contribution in [0.2, 0.25) is 0 Å². The van der Waals surface area contributed by atoms with Gasteiger partial charge in [0.2, 0.25) is 5.76 Å². The van der Waals surface area contributed by atoms with Crippen molar-refractivity contribution in [1.29, 1.82) is 0 Å². The molecule has 0 aliphatic carbocycles. The number of hydrogen-bond donors (Lipinski definition) is 0. The summed E-state index contributed by atoms with van der Waals surface area (Å²) in [5.41, 5.74) is 0. The highest BCUT2D eigenvalue weighted by Crippen LogP contribution is 2.32. The first-order chi connectivity index (χ1) is 14.5. The first kappa shape index (κ1) is 25.7. The third kappa shape index (κ3) is 7.76. The number of hydrogen-bond acceptors (Lipinski definition) is 11. The Bertz CT molecular complexity index is 754. The summed E-state index contributed by atoms with van der Waals surface area (Å²) in [5, 5.41) is 0. The summed E-state index contributed by atoms with van der Waals surface area (Å²) >= 11 is 0. The van der Waals surface area contributed by atoms with E-state index in [1.165, 1.54) is 12.2 Å². The molecule has 0 saturated carbocycles. The summed E-state index contributed by atoms with van der Waals surface area (Å²) in [7, 11) is 1.13. The van der Waals surface area contributed by atoms with Gasteiger partial charge in [0.1, 0.15) is 6.61 Å². The van der Waals surface area contributed by atoms with Crippen LogP contribution in [0.5, 0.6) is 0 Å². The Balaban J connectivity index is 3.50. The monoisotopic (exact) mass is 442 g/mol. The van der Waals surface area contributed by atoms with E-state index in [2.05, 4.69) is 11.3 Å². The first-order valence-corrected chi connectivity index (χ1v) is 9.24. The number of ether oxygens (including phenoxy) is 6. The van der Waals surface area contributed by atoms with Gasteiger partial charge in [-0.05, 0) is 6.08 Å². The predicted octanol–water partition coefficient (Wildman–Crippen LogP) is 0.603. The Morgan fingerprint density at radius 3 is 2.10 bits per heavy atom. The van der Waals surface area contributed by atoms with Gasteiger partial charge in [0.05, 0.1) is 7.11 Å². The highest BCUT2D eigenvalue weighted by Gasteiger charge is 2.48. The lowest BCUT2D eigenvalue weighted by atomic mass is 9.89. The molecule has 1 aliphatic rings. The number of methoxy groups -OCH3 is 1. The maximum absolute atomic E-state index is 12.1. The molecule has 1 heterocycles. The molecule has 1 rings (SSSR count). The normalized spacial score (nSPS) is 21.8. The first-order valence-electron chi connectivity index (χ1n) is 9.24. The molecule has 11 nitrogen and oxygen atoms in total. The Kier molecular flexibility index (Phi) is 9.71. The van der Waals surface area contributed by atoms with Gasteiger partial charge < -0.3 is 28.4 Å². The topological polar surface area (TPSA) is 141 Å². The Morgan fingerprint density at radius 2 is 1.65 bits per heavy atom. The molecule has 11 heteroatoms. The summed E-state index contributed by atoms with van der Waals surface area (Å²) in [4.78, 5) is 58.5. The van der Waals surface area contributed by atoms with Crippen LogP contribution in [-0.2, 0) is 52.4 Å². The van der Waals surface area contributed by atoms with Crippen LogP contribution >= 0.6 is 0 Å². The van der Waals surface area contributed by atoms with E-state index >= 15 is 0 Å². The van der Waals surface area contributed by atoms with Crippen molar-refractivity contribution in [3.05, 3.63) is 24.5 Å². The molecule has 0 amide bonds. The number of esters is 5. The largest absolute Gasteiger partial charge is 0.475 e. The van der Waals surface area contributed by atoms with Crippen molar-refractivity contribution in [1.82, 2.24) is 0 Å². The summed E-state index contributed by atoms with van der Waals surface area (Å²) < 4.78 is 31.1. The molecule has 0 spiro atoms. The molecule has 1 aliphatic heterocycles. The molecule has 0 N–H and O–H groups in total. The van der Waals surface area contributed by atoms with Crippen molar-refractivity contribution in [2.45, 2.75) is 52.1 Å². The van der Waals surface area contributed by atoms with Gasteiger partial charge in [0.25, 0.3) is 0 Å². The fourth-order valence-corrected chi connectivity index (χ4v) is 2.91. The van der Waals surface area contributed by atoms with Crippen LogP contribution in [0.3, 0.4) is 0 Å². The molecule has 0 saturated heterocycles. The van der Waals surface area contributed by atoms with Crippen LogP contribution in [0.4, 0.5) is 0 Å². The second-order valence-corrected chi connectivity index (χ2v) is 6.52. The zero-order chi connectivity index (χ0) is 23.7. The van der Waals surface area contributed by atoms with Crippen molar-refractivity contribution in [2.75, 3.05) is 13.7 Å². The minimum atomic E-state index is -1.43. The van der Waals surface area contributed by atoms with Gasteiger partial charge in [-0.1, -0.05) is 6.08 Å². The molecule has 0 bridgehead atoms. The van der Waals surface area contributed by atoms with Crippen LogP contribution in [0.1, 0.15) is 27.7 Å². The highest BCUT2D eigenvalue weighted by molar-refractivity contribution is 5.86. The van der Waals surface area contributed by atoms with E-state index in [9.17, 15) is 24.0 Å². The zero-order valence-electron chi connectivity index (χ0n) is 17.9. The smallest absolute Gasteiger partial charge is 0.373 e. The fourth-order valence-electron chi connectivity index (χ4n) is 2.91. The lowest BCUT2D eigenvalue weighted by Crippen LogP contribution is -2.55. The van der Waals surface area contributed by atoms with Crippen LogP contribution < -0.4 is 0 Å². The lowest BCUT2D eigenvalue weighted by Gasteiger charge is -2.40. The molecule has 0 aromatic carbocycles. The van der Waals surface area contributed by atoms with E-state index in [0.717, 1.165) is 34.8 Å². The van der Waals surface area contributed by atoms with Crippen LogP contribution in [-0.4, -0.2) is 68.0 Å². The Labute approximate surface area is 179 Å². The highest BCUT2D eigenvalue weighted by atomic mass is 16.6. The minimum Gasteiger partial charge on any atom is -0.475 e. The van der Waals surface area contributed by atoms with Gasteiger partial charge in [-0.3, -0.25) is 19.2 Å². The van der Waals surface area contributed by atoms with Gasteiger partial charge in [0, 0.05) is 33.6 Å². The summed E-state index contributed by atoms with van der Waals surface area (Å²) in [6, 6.07) is 0. The maximum atomic E-state index is 12.1. The minimum absolute atomic E-state index is 0.257. The van der Waals surface area contributed by atoms with Crippen LogP contribution in [0.15, 0.2) is 24.5 Å².